The summed E-state index contributed by atoms with van der Waals surface area (Å²) < 4.78 is 33.6. The van der Waals surface area contributed by atoms with Crippen molar-refractivity contribution >= 4 is 23.2 Å². The molecule has 0 aliphatic carbocycles. The van der Waals surface area contributed by atoms with Crippen molar-refractivity contribution in [3.05, 3.63) is 80.7 Å². The van der Waals surface area contributed by atoms with Crippen LogP contribution in [0, 0.1) is 18.6 Å². The first-order valence-electron chi connectivity index (χ1n) is 9.00. The Labute approximate surface area is 172 Å². The van der Waals surface area contributed by atoms with Crippen molar-refractivity contribution < 1.29 is 13.5 Å². The molecule has 1 heterocycles. The number of halogens is 3. The molecule has 0 amide bonds. The fourth-order valence-corrected chi connectivity index (χ4v) is 2.77. The first-order chi connectivity index (χ1) is 13.9. The molecule has 0 radical (unpaired) electrons. The zero-order chi connectivity index (χ0) is 21.6. The van der Waals surface area contributed by atoms with E-state index in [4.69, 9.17) is 16.3 Å². The van der Waals surface area contributed by atoms with E-state index < -0.39 is 17.2 Å². The van der Waals surface area contributed by atoms with Crippen molar-refractivity contribution in [2.24, 2.45) is 0 Å². The third-order valence-corrected chi connectivity index (χ3v) is 4.38. The van der Waals surface area contributed by atoms with Gasteiger partial charge < -0.3 is 14.6 Å². The van der Waals surface area contributed by atoms with Gasteiger partial charge in [-0.15, -0.1) is 0 Å². The number of rotatable bonds is 5. The molecule has 0 spiro atoms. The summed E-state index contributed by atoms with van der Waals surface area (Å²) in [5.41, 5.74) is 1.22. The molecule has 3 rings (SSSR count). The summed E-state index contributed by atoms with van der Waals surface area (Å²) in [6.07, 6.45) is 1.43. The molecule has 0 unspecified atom stereocenters. The Morgan fingerprint density at radius 2 is 1.83 bits per heavy atom. The SMILES string of the molecule is CC.COc1cn(Cc2cc(F)cc(F)c2)c(Nc2cccc(Cl)c2C)nc1=O. The van der Waals surface area contributed by atoms with Crippen LogP contribution < -0.4 is 15.6 Å². The lowest BCUT2D eigenvalue weighted by molar-refractivity contribution is 0.402. The quantitative estimate of drug-likeness (QED) is 0.606. The number of benzene rings is 2. The van der Waals surface area contributed by atoms with Crippen molar-refractivity contribution in [2.75, 3.05) is 12.4 Å². The van der Waals surface area contributed by atoms with Crippen LogP contribution in [0.25, 0.3) is 0 Å². The van der Waals surface area contributed by atoms with Gasteiger partial charge in [0.05, 0.1) is 19.9 Å². The smallest absolute Gasteiger partial charge is 0.316 e. The van der Waals surface area contributed by atoms with Gasteiger partial charge in [-0.25, -0.2) is 8.78 Å². The third-order valence-electron chi connectivity index (χ3n) is 3.97. The number of aromatic nitrogens is 2. The summed E-state index contributed by atoms with van der Waals surface area (Å²) in [5.74, 6) is -1.17. The minimum absolute atomic E-state index is 0.0141. The number of methoxy groups -OCH3 is 1. The minimum Gasteiger partial charge on any atom is -0.490 e. The van der Waals surface area contributed by atoms with E-state index in [9.17, 15) is 13.6 Å². The van der Waals surface area contributed by atoms with Crippen molar-refractivity contribution in [3.63, 3.8) is 0 Å². The fourth-order valence-electron chi connectivity index (χ4n) is 2.60. The zero-order valence-corrected chi connectivity index (χ0v) is 17.3. The van der Waals surface area contributed by atoms with Crippen molar-refractivity contribution in [1.82, 2.24) is 9.55 Å². The molecule has 0 aliphatic heterocycles. The molecule has 2 aromatic carbocycles. The van der Waals surface area contributed by atoms with E-state index in [2.05, 4.69) is 10.3 Å². The third kappa shape index (κ3) is 5.54. The molecular formula is C21H22ClF2N3O2. The van der Waals surface area contributed by atoms with E-state index in [0.29, 0.717) is 16.3 Å². The normalized spacial score (nSPS) is 10.2. The van der Waals surface area contributed by atoms with Gasteiger partial charge in [0.15, 0.2) is 0 Å². The average molecular weight is 422 g/mol. The number of hydrogen-bond acceptors (Lipinski definition) is 4. The van der Waals surface area contributed by atoms with Crippen LogP contribution in [0.5, 0.6) is 5.75 Å². The monoisotopic (exact) mass is 421 g/mol. The highest BCUT2D eigenvalue weighted by molar-refractivity contribution is 6.31. The molecule has 0 atom stereocenters. The lowest BCUT2D eigenvalue weighted by Crippen LogP contribution is -2.19. The molecule has 0 fully saturated rings. The highest BCUT2D eigenvalue weighted by Crippen LogP contribution is 2.26. The van der Waals surface area contributed by atoms with Crippen LogP contribution in [-0.4, -0.2) is 16.7 Å². The van der Waals surface area contributed by atoms with Gasteiger partial charge in [-0.1, -0.05) is 31.5 Å². The number of anilines is 2. The highest BCUT2D eigenvalue weighted by Gasteiger charge is 2.12. The Hall–Kier alpha value is -2.93. The molecule has 0 saturated carbocycles. The summed E-state index contributed by atoms with van der Waals surface area (Å²) in [4.78, 5) is 16.1. The van der Waals surface area contributed by atoms with Gasteiger partial charge in [-0.05, 0) is 42.3 Å². The molecule has 0 saturated heterocycles. The first-order valence-corrected chi connectivity index (χ1v) is 9.37. The molecule has 3 aromatic rings. The van der Waals surface area contributed by atoms with Crippen LogP contribution in [0.2, 0.25) is 5.02 Å². The fraction of sp³-hybridized carbons (Fsp3) is 0.238. The molecule has 154 valence electrons. The van der Waals surface area contributed by atoms with E-state index in [1.807, 2.05) is 20.8 Å². The second-order valence-electron chi connectivity index (χ2n) is 5.88. The Bertz CT molecular complexity index is 1030. The minimum atomic E-state index is -0.689. The lowest BCUT2D eigenvalue weighted by Gasteiger charge is -2.16. The van der Waals surface area contributed by atoms with Crippen LogP contribution >= 0.6 is 11.6 Å². The highest BCUT2D eigenvalue weighted by atomic mass is 35.5. The van der Waals surface area contributed by atoms with Crippen molar-refractivity contribution in [1.29, 1.82) is 0 Å². The summed E-state index contributed by atoms with van der Waals surface area (Å²) in [6.45, 7) is 5.89. The molecule has 0 aliphatic rings. The topological polar surface area (TPSA) is 56.1 Å². The van der Waals surface area contributed by atoms with Gasteiger partial charge in [0.25, 0.3) is 0 Å². The van der Waals surface area contributed by atoms with E-state index in [1.54, 1.807) is 18.2 Å². The zero-order valence-electron chi connectivity index (χ0n) is 16.6. The number of ether oxygens (including phenoxy) is 1. The van der Waals surface area contributed by atoms with E-state index in [0.717, 1.165) is 11.6 Å². The number of nitrogens with one attached hydrogen (secondary N) is 1. The molecular weight excluding hydrogens is 400 g/mol. The summed E-state index contributed by atoms with van der Waals surface area (Å²) in [7, 11) is 1.35. The van der Waals surface area contributed by atoms with Gasteiger partial charge in [0, 0.05) is 16.8 Å². The predicted molar refractivity (Wildman–Crippen MR) is 111 cm³/mol. The summed E-state index contributed by atoms with van der Waals surface area (Å²) >= 11 is 6.13. The van der Waals surface area contributed by atoms with Gasteiger partial charge in [0.1, 0.15) is 11.6 Å². The van der Waals surface area contributed by atoms with Crippen LogP contribution in [0.1, 0.15) is 25.0 Å². The van der Waals surface area contributed by atoms with Gasteiger partial charge in [-0.2, -0.15) is 4.98 Å². The van der Waals surface area contributed by atoms with Gasteiger partial charge in [0.2, 0.25) is 11.7 Å². The molecule has 0 bridgehead atoms. The maximum atomic E-state index is 13.5. The van der Waals surface area contributed by atoms with Crippen LogP contribution in [0.15, 0.2) is 47.4 Å². The Balaban J connectivity index is 0.00000145. The Morgan fingerprint density at radius 1 is 1.17 bits per heavy atom. The van der Waals surface area contributed by atoms with Gasteiger partial charge in [-0.3, -0.25) is 4.79 Å². The van der Waals surface area contributed by atoms with Gasteiger partial charge >= 0.3 is 5.56 Å². The first kappa shape index (κ1) is 22.4. The van der Waals surface area contributed by atoms with Crippen molar-refractivity contribution in [3.8, 4) is 5.75 Å². The molecule has 5 nitrogen and oxygen atoms in total. The van der Waals surface area contributed by atoms with E-state index >= 15 is 0 Å². The lowest BCUT2D eigenvalue weighted by atomic mass is 10.2. The molecule has 1 aromatic heterocycles. The second-order valence-corrected chi connectivity index (χ2v) is 6.29. The summed E-state index contributed by atoms with van der Waals surface area (Å²) in [6, 6.07) is 8.49. The van der Waals surface area contributed by atoms with Crippen LogP contribution in [0.4, 0.5) is 20.4 Å². The maximum Gasteiger partial charge on any atom is 0.316 e. The van der Waals surface area contributed by atoms with E-state index in [1.165, 1.54) is 30.0 Å². The van der Waals surface area contributed by atoms with Crippen LogP contribution in [-0.2, 0) is 6.54 Å². The largest absolute Gasteiger partial charge is 0.490 e. The molecule has 1 N–H and O–H groups in total. The second kappa shape index (κ2) is 10.0. The molecule has 29 heavy (non-hydrogen) atoms. The Kier molecular flexibility index (Phi) is 7.73. The van der Waals surface area contributed by atoms with E-state index in [-0.39, 0.29) is 18.2 Å². The van der Waals surface area contributed by atoms with Crippen molar-refractivity contribution in [2.45, 2.75) is 27.3 Å². The average Bonchev–Trinajstić information content (AvgIpc) is 2.68. The predicted octanol–water partition coefficient (Wildman–Crippen LogP) is 5.31. The maximum absolute atomic E-state index is 13.5. The summed E-state index contributed by atoms with van der Waals surface area (Å²) in [5, 5.41) is 3.60. The number of hydrogen-bond donors (Lipinski definition) is 1. The standard InChI is InChI=1S/C19H16ClF2N3O2.C2H6/c1-11-15(20)4-3-5-16(11)23-19-24-18(26)17(27-2)10-25(19)9-12-6-13(21)8-14(22)7-12;1-2/h3-8,10H,9H2,1-2H3,(H,23,24,26);1-2H3. The number of nitrogens with zero attached hydrogens (tertiary/aromatic N) is 2. The Morgan fingerprint density at radius 3 is 2.45 bits per heavy atom. The molecule has 8 heteroatoms. The van der Waals surface area contributed by atoms with Crippen LogP contribution in [0.3, 0.4) is 0 Å².